The summed E-state index contributed by atoms with van der Waals surface area (Å²) >= 11 is 0. The monoisotopic (exact) mass is 187 g/mol. The van der Waals surface area contributed by atoms with Crippen LogP contribution in [0.1, 0.15) is 18.2 Å². The molecular weight excluding hydrogens is 176 g/mol. The van der Waals surface area contributed by atoms with Crippen LogP contribution < -0.4 is 5.73 Å². The van der Waals surface area contributed by atoms with Crippen LogP contribution in [0, 0.1) is 5.82 Å². The van der Waals surface area contributed by atoms with Gasteiger partial charge in [-0.3, -0.25) is 0 Å². The first-order chi connectivity index (χ1) is 6.15. The highest BCUT2D eigenvalue weighted by atomic mass is 19.1. The molecule has 1 atom stereocenters. The van der Waals surface area contributed by atoms with Gasteiger partial charge in [-0.2, -0.15) is 0 Å². The van der Waals surface area contributed by atoms with Crippen molar-refractivity contribution in [1.29, 1.82) is 0 Å². The zero-order chi connectivity index (χ0) is 9.84. The number of phenolic OH excluding ortho intramolecular Hbond substituents is 1. The van der Waals surface area contributed by atoms with Gasteiger partial charge in [-0.05, 0) is 25.1 Å². The Morgan fingerprint density at radius 1 is 1.46 bits per heavy atom. The summed E-state index contributed by atoms with van der Waals surface area (Å²) in [5, 5.41) is 8.86. The fourth-order valence-corrected chi connectivity index (χ4v) is 1.07. The lowest BCUT2D eigenvalue weighted by Gasteiger charge is -2.07. The fraction of sp³-hybridized carbons (Fsp3) is 0.333. The van der Waals surface area contributed by atoms with Crippen LogP contribution in [0.25, 0.3) is 0 Å². The van der Waals surface area contributed by atoms with Gasteiger partial charge in [0.05, 0.1) is 0 Å². The van der Waals surface area contributed by atoms with Crippen LogP contribution in [0.15, 0.2) is 18.2 Å². The molecule has 0 saturated heterocycles. The topological polar surface area (TPSA) is 46.2 Å². The third kappa shape index (κ3) is 2.39. The second-order valence-electron chi connectivity index (χ2n) is 2.75. The number of aromatic hydroxyl groups is 1. The maximum Gasteiger partial charge on any atom is 0.132 e. The van der Waals surface area contributed by atoms with Crippen molar-refractivity contribution >= 4 is 0 Å². The van der Waals surface area contributed by atoms with E-state index in [9.17, 15) is 8.78 Å². The van der Waals surface area contributed by atoms with Gasteiger partial charge < -0.3 is 10.8 Å². The molecule has 0 heterocycles. The smallest absolute Gasteiger partial charge is 0.132 e. The third-order valence-corrected chi connectivity index (χ3v) is 1.74. The highest BCUT2D eigenvalue weighted by molar-refractivity contribution is 5.29. The Labute approximate surface area is 75.0 Å². The molecule has 0 saturated carbocycles. The largest absolute Gasteiger partial charge is 0.508 e. The van der Waals surface area contributed by atoms with E-state index >= 15 is 0 Å². The first kappa shape index (κ1) is 9.92. The summed E-state index contributed by atoms with van der Waals surface area (Å²) in [6.45, 7) is 0.168. The van der Waals surface area contributed by atoms with Crippen molar-refractivity contribution in [2.75, 3.05) is 6.54 Å². The van der Waals surface area contributed by atoms with Crippen LogP contribution in [-0.2, 0) is 0 Å². The van der Waals surface area contributed by atoms with Gasteiger partial charge in [-0.1, -0.05) is 0 Å². The van der Waals surface area contributed by atoms with Gasteiger partial charge in [0.15, 0.2) is 0 Å². The molecule has 0 aliphatic heterocycles. The van der Waals surface area contributed by atoms with Crippen LogP contribution in [-0.4, -0.2) is 11.7 Å². The predicted octanol–water partition coefficient (Wildman–Crippen LogP) is 1.89. The van der Waals surface area contributed by atoms with Crippen molar-refractivity contribution in [3.63, 3.8) is 0 Å². The average Bonchev–Trinajstić information content (AvgIpc) is 2.04. The number of phenols is 1. The second-order valence-corrected chi connectivity index (χ2v) is 2.75. The van der Waals surface area contributed by atoms with Gasteiger partial charge >= 0.3 is 0 Å². The fourth-order valence-electron chi connectivity index (χ4n) is 1.07. The maximum atomic E-state index is 13.1. The minimum Gasteiger partial charge on any atom is -0.508 e. The molecule has 0 aliphatic rings. The quantitative estimate of drug-likeness (QED) is 0.759. The summed E-state index contributed by atoms with van der Waals surface area (Å²) in [6.07, 6.45) is -1.31. The number of benzene rings is 1. The molecule has 72 valence electrons. The molecule has 0 fully saturated rings. The zero-order valence-corrected chi connectivity index (χ0v) is 7.00. The molecule has 1 rings (SSSR count). The Kier molecular flexibility index (Phi) is 3.19. The van der Waals surface area contributed by atoms with Crippen LogP contribution in [0.5, 0.6) is 5.75 Å². The van der Waals surface area contributed by atoms with E-state index in [4.69, 9.17) is 10.8 Å². The molecule has 0 amide bonds. The van der Waals surface area contributed by atoms with Crippen LogP contribution >= 0.6 is 0 Å². The highest BCUT2D eigenvalue weighted by Crippen LogP contribution is 2.25. The Hall–Kier alpha value is -1.16. The van der Waals surface area contributed by atoms with Gasteiger partial charge in [0.1, 0.15) is 17.7 Å². The van der Waals surface area contributed by atoms with Gasteiger partial charge in [-0.15, -0.1) is 0 Å². The van der Waals surface area contributed by atoms with Crippen molar-refractivity contribution < 1.29 is 13.9 Å². The van der Waals surface area contributed by atoms with Crippen molar-refractivity contribution in [1.82, 2.24) is 0 Å². The first-order valence-electron chi connectivity index (χ1n) is 3.97. The number of hydrogen-bond acceptors (Lipinski definition) is 2. The third-order valence-electron chi connectivity index (χ3n) is 1.74. The second kappa shape index (κ2) is 4.18. The lowest BCUT2D eigenvalue weighted by atomic mass is 10.1. The highest BCUT2D eigenvalue weighted by Gasteiger charge is 2.13. The van der Waals surface area contributed by atoms with E-state index in [1.165, 1.54) is 12.1 Å². The standard InChI is InChI=1S/C9H11F2NO/c10-8(3-4-12)7-2-1-6(13)5-9(7)11/h1-2,5,8,13H,3-4,12H2. The average molecular weight is 187 g/mol. The van der Waals surface area contributed by atoms with Crippen LogP contribution in [0.2, 0.25) is 0 Å². The Morgan fingerprint density at radius 3 is 2.69 bits per heavy atom. The molecule has 0 radical (unpaired) electrons. The van der Waals surface area contributed by atoms with Crippen molar-refractivity contribution in [3.05, 3.63) is 29.6 Å². The van der Waals surface area contributed by atoms with E-state index in [1.54, 1.807) is 0 Å². The van der Waals surface area contributed by atoms with Crippen molar-refractivity contribution in [2.45, 2.75) is 12.6 Å². The van der Waals surface area contributed by atoms with Gasteiger partial charge in [0.25, 0.3) is 0 Å². The molecule has 1 unspecified atom stereocenters. The van der Waals surface area contributed by atoms with Crippen molar-refractivity contribution in [3.8, 4) is 5.75 Å². The maximum absolute atomic E-state index is 13.1. The number of hydrogen-bond donors (Lipinski definition) is 2. The molecule has 0 aliphatic carbocycles. The first-order valence-corrected chi connectivity index (χ1v) is 3.97. The number of nitrogens with two attached hydrogens (primary N) is 1. The van der Waals surface area contributed by atoms with E-state index in [-0.39, 0.29) is 24.3 Å². The summed E-state index contributed by atoms with van der Waals surface area (Å²) in [6, 6.07) is 3.37. The van der Waals surface area contributed by atoms with Crippen molar-refractivity contribution in [2.24, 2.45) is 5.73 Å². The summed E-state index contributed by atoms with van der Waals surface area (Å²) in [5.41, 5.74) is 5.08. The Bertz CT molecular complexity index is 291. The number of rotatable bonds is 3. The van der Waals surface area contributed by atoms with E-state index in [0.29, 0.717) is 0 Å². The number of halogens is 2. The molecule has 1 aromatic carbocycles. The Balaban J connectivity index is 2.88. The normalized spacial score (nSPS) is 12.8. The Morgan fingerprint density at radius 2 is 2.15 bits per heavy atom. The molecular formula is C9H11F2NO. The molecule has 3 N–H and O–H groups in total. The van der Waals surface area contributed by atoms with E-state index in [0.717, 1.165) is 6.07 Å². The van der Waals surface area contributed by atoms with Gasteiger partial charge in [0.2, 0.25) is 0 Å². The molecule has 13 heavy (non-hydrogen) atoms. The summed E-state index contributed by atoms with van der Waals surface area (Å²) in [7, 11) is 0. The van der Waals surface area contributed by atoms with Gasteiger partial charge in [0, 0.05) is 11.6 Å². The summed E-state index contributed by atoms with van der Waals surface area (Å²) in [4.78, 5) is 0. The lowest BCUT2D eigenvalue weighted by Crippen LogP contribution is -2.04. The molecule has 4 heteroatoms. The van der Waals surface area contributed by atoms with E-state index < -0.39 is 12.0 Å². The minimum atomic E-state index is -1.40. The molecule has 0 spiro atoms. The van der Waals surface area contributed by atoms with Crippen LogP contribution in [0.3, 0.4) is 0 Å². The van der Waals surface area contributed by atoms with Crippen LogP contribution in [0.4, 0.5) is 8.78 Å². The molecule has 2 nitrogen and oxygen atoms in total. The zero-order valence-electron chi connectivity index (χ0n) is 7.00. The minimum absolute atomic E-state index is 0.0525. The molecule has 1 aromatic rings. The molecule has 0 aromatic heterocycles. The molecule has 0 bridgehead atoms. The van der Waals surface area contributed by atoms with Gasteiger partial charge in [-0.25, -0.2) is 8.78 Å². The van der Waals surface area contributed by atoms with E-state index in [2.05, 4.69) is 0 Å². The predicted molar refractivity (Wildman–Crippen MR) is 45.6 cm³/mol. The summed E-state index contributed by atoms with van der Waals surface area (Å²) in [5.74, 6) is -0.942. The SMILES string of the molecule is NCCC(F)c1ccc(O)cc1F. The van der Waals surface area contributed by atoms with E-state index in [1.807, 2.05) is 0 Å². The summed E-state index contributed by atoms with van der Waals surface area (Å²) < 4.78 is 26.1. The number of alkyl halides is 1. The lowest BCUT2D eigenvalue weighted by molar-refractivity contribution is 0.317.